The third kappa shape index (κ3) is 1.20. The summed E-state index contributed by atoms with van der Waals surface area (Å²) in [6.07, 6.45) is 7.78. The lowest BCUT2D eigenvalue weighted by Crippen LogP contribution is -2.31. The zero-order chi connectivity index (χ0) is 8.39. The summed E-state index contributed by atoms with van der Waals surface area (Å²) in [5, 5.41) is 0. The quantitative estimate of drug-likeness (QED) is 0.705. The molecule has 1 aromatic rings. The van der Waals surface area contributed by atoms with Crippen LogP contribution in [0.4, 0.5) is 0 Å². The first-order valence-corrected chi connectivity index (χ1v) is 4.38. The average Bonchev–Trinajstić information content (AvgIpc) is 2.05. The molecule has 1 aliphatic rings. The molecule has 3 heteroatoms. The van der Waals surface area contributed by atoms with Crippen LogP contribution < -0.4 is 5.73 Å². The molecule has 0 aromatic carbocycles. The molecule has 0 radical (unpaired) electrons. The molecule has 12 heavy (non-hydrogen) atoms. The van der Waals surface area contributed by atoms with Crippen LogP contribution in [0.25, 0.3) is 0 Å². The van der Waals surface area contributed by atoms with E-state index >= 15 is 0 Å². The minimum atomic E-state index is 0.573. The van der Waals surface area contributed by atoms with E-state index in [1.165, 1.54) is 12.8 Å². The molecule has 0 spiro atoms. The summed E-state index contributed by atoms with van der Waals surface area (Å²) in [4.78, 5) is 8.33. The fraction of sp³-hybridized carbons (Fsp3) is 0.556. The molecule has 0 bridgehead atoms. The number of nitrogens with zero attached hydrogens (tertiary/aromatic N) is 2. The fourth-order valence-electron chi connectivity index (χ4n) is 1.74. The summed E-state index contributed by atoms with van der Waals surface area (Å²) in [6, 6.07) is 0. The van der Waals surface area contributed by atoms with Crippen molar-refractivity contribution >= 4 is 0 Å². The van der Waals surface area contributed by atoms with Crippen molar-refractivity contribution in [2.75, 3.05) is 6.54 Å². The molecule has 1 fully saturated rings. The minimum Gasteiger partial charge on any atom is -0.330 e. The smallest absolute Gasteiger partial charge is 0.0620 e. The summed E-state index contributed by atoms with van der Waals surface area (Å²) >= 11 is 0. The summed E-state index contributed by atoms with van der Waals surface area (Å²) in [6.45, 7) is 0.779. The van der Waals surface area contributed by atoms with Crippen LogP contribution in [-0.2, 0) is 0 Å². The zero-order valence-electron chi connectivity index (χ0n) is 6.98. The molecule has 1 aliphatic carbocycles. The normalized spacial score (nSPS) is 28.1. The largest absolute Gasteiger partial charge is 0.330 e. The van der Waals surface area contributed by atoms with Crippen LogP contribution in [-0.4, -0.2) is 16.5 Å². The van der Waals surface area contributed by atoms with Gasteiger partial charge in [0.1, 0.15) is 0 Å². The van der Waals surface area contributed by atoms with Gasteiger partial charge in [0.25, 0.3) is 0 Å². The van der Waals surface area contributed by atoms with E-state index in [1.54, 1.807) is 12.4 Å². The van der Waals surface area contributed by atoms with Crippen molar-refractivity contribution in [2.24, 2.45) is 11.7 Å². The van der Waals surface area contributed by atoms with E-state index < -0.39 is 0 Å². The summed E-state index contributed by atoms with van der Waals surface area (Å²) in [7, 11) is 0. The van der Waals surface area contributed by atoms with Crippen LogP contribution >= 0.6 is 0 Å². The Hall–Kier alpha value is -0.960. The molecule has 2 rings (SSSR count). The number of hydrogen-bond acceptors (Lipinski definition) is 3. The first kappa shape index (κ1) is 7.68. The highest BCUT2D eigenvalue weighted by molar-refractivity contribution is 5.09. The van der Waals surface area contributed by atoms with E-state index in [2.05, 4.69) is 9.97 Å². The Morgan fingerprint density at radius 2 is 2.33 bits per heavy atom. The second kappa shape index (κ2) is 3.19. The standard InChI is InChI=1S/C9H13N3/c10-5-7-1-2-8(7)9-6-11-3-4-12-9/h3-4,6-8H,1-2,5,10H2. The Morgan fingerprint density at radius 3 is 2.83 bits per heavy atom. The fourth-order valence-corrected chi connectivity index (χ4v) is 1.74. The first-order chi connectivity index (χ1) is 5.92. The molecule has 64 valence electrons. The second-order valence-electron chi connectivity index (χ2n) is 3.31. The molecule has 2 unspecified atom stereocenters. The molecule has 1 saturated carbocycles. The summed E-state index contributed by atoms with van der Waals surface area (Å²) in [5.74, 6) is 1.21. The molecule has 2 N–H and O–H groups in total. The SMILES string of the molecule is NCC1CCC1c1cnccn1. The highest BCUT2D eigenvalue weighted by Crippen LogP contribution is 2.40. The van der Waals surface area contributed by atoms with E-state index in [4.69, 9.17) is 5.73 Å². The van der Waals surface area contributed by atoms with E-state index in [1.807, 2.05) is 6.20 Å². The lowest BCUT2D eigenvalue weighted by molar-refractivity contribution is 0.258. The van der Waals surface area contributed by atoms with E-state index in [-0.39, 0.29) is 0 Å². The van der Waals surface area contributed by atoms with Crippen LogP contribution in [0.2, 0.25) is 0 Å². The molecule has 0 aliphatic heterocycles. The van der Waals surface area contributed by atoms with E-state index in [9.17, 15) is 0 Å². The van der Waals surface area contributed by atoms with Gasteiger partial charge in [0.15, 0.2) is 0 Å². The van der Waals surface area contributed by atoms with Crippen LogP contribution in [0.3, 0.4) is 0 Å². The van der Waals surface area contributed by atoms with Gasteiger partial charge in [0, 0.05) is 24.5 Å². The average molecular weight is 163 g/mol. The van der Waals surface area contributed by atoms with E-state index in [0.717, 1.165) is 12.2 Å². The van der Waals surface area contributed by atoms with Gasteiger partial charge in [-0.25, -0.2) is 0 Å². The third-order valence-electron chi connectivity index (χ3n) is 2.68. The Bertz CT molecular complexity index is 245. The summed E-state index contributed by atoms with van der Waals surface area (Å²) < 4.78 is 0. The first-order valence-electron chi connectivity index (χ1n) is 4.38. The number of rotatable bonds is 2. The van der Waals surface area contributed by atoms with Crippen LogP contribution in [0, 0.1) is 5.92 Å². The maximum atomic E-state index is 5.61. The summed E-state index contributed by atoms with van der Waals surface area (Å²) in [5.41, 5.74) is 6.72. The third-order valence-corrected chi connectivity index (χ3v) is 2.68. The predicted molar refractivity (Wildman–Crippen MR) is 46.6 cm³/mol. The van der Waals surface area contributed by atoms with Gasteiger partial charge in [0.05, 0.1) is 5.69 Å². The Balaban J connectivity index is 2.11. The van der Waals surface area contributed by atoms with Crippen molar-refractivity contribution in [1.82, 2.24) is 9.97 Å². The van der Waals surface area contributed by atoms with Crippen molar-refractivity contribution in [2.45, 2.75) is 18.8 Å². The highest BCUT2D eigenvalue weighted by atomic mass is 14.8. The molecule has 1 aromatic heterocycles. The lowest BCUT2D eigenvalue weighted by Gasteiger charge is -2.34. The molecule has 2 atom stereocenters. The van der Waals surface area contributed by atoms with Crippen LogP contribution in [0.5, 0.6) is 0 Å². The predicted octanol–water partition coefficient (Wildman–Crippen LogP) is 0.929. The molecule has 3 nitrogen and oxygen atoms in total. The minimum absolute atomic E-state index is 0.573. The van der Waals surface area contributed by atoms with Crippen molar-refractivity contribution in [1.29, 1.82) is 0 Å². The molecular weight excluding hydrogens is 150 g/mol. The van der Waals surface area contributed by atoms with Crippen LogP contribution in [0.1, 0.15) is 24.5 Å². The van der Waals surface area contributed by atoms with Gasteiger partial charge in [-0.05, 0) is 25.3 Å². The zero-order valence-corrected chi connectivity index (χ0v) is 6.98. The van der Waals surface area contributed by atoms with Gasteiger partial charge >= 0.3 is 0 Å². The van der Waals surface area contributed by atoms with Gasteiger partial charge in [-0.2, -0.15) is 0 Å². The monoisotopic (exact) mass is 163 g/mol. The van der Waals surface area contributed by atoms with Gasteiger partial charge in [-0.15, -0.1) is 0 Å². The number of aromatic nitrogens is 2. The van der Waals surface area contributed by atoms with Crippen LogP contribution in [0.15, 0.2) is 18.6 Å². The second-order valence-corrected chi connectivity index (χ2v) is 3.31. The van der Waals surface area contributed by atoms with Gasteiger partial charge in [-0.3, -0.25) is 9.97 Å². The lowest BCUT2D eigenvalue weighted by atomic mass is 9.72. The highest BCUT2D eigenvalue weighted by Gasteiger charge is 2.31. The molecule has 0 saturated heterocycles. The van der Waals surface area contributed by atoms with Gasteiger partial charge in [0.2, 0.25) is 0 Å². The Labute approximate surface area is 72.0 Å². The Kier molecular flexibility index (Phi) is 2.04. The maximum absolute atomic E-state index is 5.61. The Morgan fingerprint density at radius 1 is 1.42 bits per heavy atom. The van der Waals surface area contributed by atoms with Gasteiger partial charge in [-0.1, -0.05) is 0 Å². The maximum Gasteiger partial charge on any atom is 0.0620 e. The van der Waals surface area contributed by atoms with Crippen molar-refractivity contribution in [3.8, 4) is 0 Å². The number of nitrogens with two attached hydrogens (primary N) is 1. The van der Waals surface area contributed by atoms with Crippen molar-refractivity contribution < 1.29 is 0 Å². The molecule has 0 amide bonds. The van der Waals surface area contributed by atoms with Crippen molar-refractivity contribution in [3.63, 3.8) is 0 Å². The van der Waals surface area contributed by atoms with Gasteiger partial charge < -0.3 is 5.73 Å². The topological polar surface area (TPSA) is 51.8 Å². The van der Waals surface area contributed by atoms with Crippen molar-refractivity contribution in [3.05, 3.63) is 24.3 Å². The van der Waals surface area contributed by atoms with E-state index in [0.29, 0.717) is 11.8 Å². The molecular formula is C9H13N3. The number of hydrogen-bond donors (Lipinski definition) is 1. The molecule has 1 heterocycles.